The van der Waals surface area contributed by atoms with Crippen molar-refractivity contribution in [2.75, 3.05) is 32.8 Å². The van der Waals surface area contributed by atoms with Gasteiger partial charge < -0.3 is 23.4 Å². The van der Waals surface area contributed by atoms with Crippen LogP contribution >= 0.6 is 0 Å². The minimum Gasteiger partial charge on any atom is -0.481 e. The average molecular weight is 844 g/mol. The molecule has 0 aromatic rings. The molecule has 0 heterocycles. The van der Waals surface area contributed by atoms with Crippen molar-refractivity contribution in [3.63, 3.8) is 0 Å². The fourth-order valence-corrected chi connectivity index (χ4v) is 9.21. The van der Waals surface area contributed by atoms with E-state index < -0.39 is 22.6 Å². The molecule has 11 heteroatoms. The third kappa shape index (κ3) is 25.8. The summed E-state index contributed by atoms with van der Waals surface area (Å²) in [4.78, 5) is 38.8. The highest BCUT2D eigenvalue weighted by Crippen LogP contribution is 2.39. The molecule has 0 rings (SSSR count). The van der Waals surface area contributed by atoms with Crippen LogP contribution in [0.1, 0.15) is 185 Å². The molecule has 9 nitrogen and oxygen atoms in total. The van der Waals surface area contributed by atoms with Gasteiger partial charge in [0.2, 0.25) is 0 Å². The molecule has 2 atom stereocenters. The van der Waals surface area contributed by atoms with Gasteiger partial charge in [-0.05, 0) is 86.7 Å². The number of carbonyl (C=O) groups excluding carboxylic acids is 2. The van der Waals surface area contributed by atoms with E-state index in [-0.39, 0.29) is 40.6 Å². The third-order valence-electron chi connectivity index (χ3n) is 12.9. The molecule has 0 amide bonds. The Balaban J connectivity index is 5.80. The van der Waals surface area contributed by atoms with Crippen LogP contribution in [0.25, 0.3) is 0 Å². The first-order valence-electron chi connectivity index (χ1n) is 23.1. The van der Waals surface area contributed by atoms with Crippen LogP contribution in [-0.2, 0) is 32.7 Å². The Morgan fingerprint density at radius 1 is 0.544 bits per heavy atom. The van der Waals surface area contributed by atoms with Gasteiger partial charge in [0.15, 0.2) is 16.6 Å². The zero-order valence-electron chi connectivity index (χ0n) is 39.8. The standard InChI is InChI=1S/C46H93NO8Si2/c1-15-38(16-2)36-52-43(50)31-25-21-19-23-28-40(54-56(11,12)45(5,6)7)34-47(33-27-30-42(48)49)35-41(55-57(13,14)46(8,9)10)29-24-20-22-26-32-44(51)53-37-39(17-3)18-4/h38-41H,15-37H2,1-14H3,(H,48,49). The summed E-state index contributed by atoms with van der Waals surface area (Å²) in [6.45, 7) is 34.7. The van der Waals surface area contributed by atoms with E-state index in [4.69, 9.17) is 18.3 Å². The van der Waals surface area contributed by atoms with E-state index in [0.29, 0.717) is 50.9 Å². The van der Waals surface area contributed by atoms with Crippen molar-refractivity contribution in [1.82, 2.24) is 4.90 Å². The molecule has 0 aliphatic heterocycles. The van der Waals surface area contributed by atoms with Gasteiger partial charge >= 0.3 is 17.9 Å². The Bertz CT molecular complexity index is 1010. The van der Waals surface area contributed by atoms with Gasteiger partial charge in [0.1, 0.15) is 0 Å². The Morgan fingerprint density at radius 2 is 0.895 bits per heavy atom. The molecule has 0 aliphatic carbocycles. The lowest BCUT2D eigenvalue weighted by atomic mass is 10.1. The lowest BCUT2D eigenvalue weighted by Gasteiger charge is -2.42. The topological polar surface area (TPSA) is 112 Å². The van der Waals surface area contributed by atoms with Crippen molar-refractivity contribution in [2.24, 2.45) is 11.8 Å². The molecular weight excluding hydrogens is 751 g/mol. The number of carbonyl (C=O) groups is 3. The van der Waals surface area contributed by atoms with E-state index in [9.17, 15) is 19.5 Å². The van der Waals surface area contributed by atoms with Gasteiger partial charge in [-0.2, -0.15) is 0 Å². The number of rotatable bonds is 34. The van der Waals surface area contributed by atoms with Gasteiger partial charge in [-0.3, -0.25) is 19.3 Å². The zero-order valence-corrected chi connectivity index (χ0v) is 41.8. The van der Waals surface area contributed by atoms with Crippen LogP contribution in [-0.4, -0.2) is 89.6 Å². The largest absolute Gasteiger partial charge is 0.481 e. The molecule has 57 heavy (non-hydrogen) atoms. The quantitative estimate of drug-likeness (QED) is 0.0384. The summed E-state index contributed by atoms with van der Waals surface area (Å²) in [6, 6.07) is 0. The summed E-state index contributed by atoms with van der Waals surface area (Å²) in [6.07, 6.45) is 15.4. The molecule has 2 unspecified atom stereocenters. The molecule has 1 N–H and O–H groups in total. The van der Waals surface area contributed by atoms with Crippen LogP contribution in [0.5, 0.6) is 0 Å². The number of hydrogen-bond acceptors (Lipinski definition) is 8. The van der Waals surface area contributed by atoms with Crippen molar-refractivity contribution < 1.29 is 37.8 Å². The van der Waals surface area contributed by atoms with Crippen LogP contribution in [0.3, 0.4) is 0 Å². The van der Waals surface area contributed by atoms with Crippen molar-refractivity contribution in [2.45, 2.75) is 233 Å². The molecule has 338 valence electrons. The normalized spacial score (nSPS) is 14.1. The highest BCUT2D eigenvalue weighted by molar-refractivity contribution is 6.74. The second kappa shape index (κ2) is 29.1. The van der Waals surface area contributed by atoms with E-state index in [1.807, 2.05) is 0 Å². The number of aliphatic carboxylic acids is 1. The lowest BCUT2D eigenvalue weighted by molar-refractivity contribution is -0.146. The molecule has 0 aliphatic rings. The number of carboxylic acids is 1. The third-order valence-corrected chi connectivity index (χ3v) is 22.0. The number of ether oxygens (including phenoxy) is 2. The highest BCUT2D eigenvalue weighted by Gasteiger charge is 2.41. The van der Waals surface area contributed by atoms with Crippen LogP contribution in [0.2, 0.25) is 36.3 Å². The van der Waals surface area contributed by atoms with Gasteiger partial charge in [0.05, 0.1) is 25.4 Å². The summed E-state index contributed by atoms with van der Waals surface area (Å²) in [5, 5.41) is 9.68. The molecular formula is C46H93NO8Si2. The van der Waals surface area contributed by atoms with Gasteiger partial charge in [0.25, 0.3) is 0 Å². The maximum absolute atomic E-state index is 12.3. The van der Waals surface area contributed by atoms with E-state index >= 15 is 0 Å². The minimum absolute atomic E-state index is 0.0268. The number of hydrogen-bond donors (Lipinski definition) is 1. The first-order chi connectivity index (χ1) is 26.5. The summed E-state index contributed by atoms with van der Waals surface area (Å²) < 4.78 is 25.4. The summed E-state index contributed by atoms with van der Waals surface area (Å²) in [5.41, 5.74) is 0. The second-order valence-electron chi connectivity index (χ2n) is 19.9. The van der Waals surface area contributed by atoms with Crippen LogP contribution in [0.15, 0.2) is 0 Å². The van der Waals surface area contributed by atoms with Crippen LogP contribution < -0.4 is 0 Å². The molecule has 0 aromatic heterocycles. The number of nitrogens with zero attached hydrogens (tertiary/aromatic N) is 1. The van der Waals surface area contributed by atoms with Crippen molar-refractivity contribution in [3.05, 3.63) is 0 Å². The molecule has 0 radical (unpaired) electrons. The Labute approximate surface area is 354 Å². The van der Waals surface area contributed by atoms with E-state index in [1.165, 1.54) is 0 Å². The summed E-state index contributed by atoms with van der Waals surface area (Å²) >= 11 is 0. The second-order valence-corrected chi connectivity index (χ2v) is 29.4. The Kier molecular flexibility index (Phi) is 28.4. The summed E-state index contributed by atoms with van der Waals surface area (Å²) in [7, 11) is -4.20. The maximum atomic E-state index is 12.3. The van der Waals surface area contributed by atoms with Gasteiger partial charge in [0, 0.05) is 32.4 Å². The fourth-order valence-electron chi connectivity index (χ4n) is 6.45. The zero-order chi connectivity index (χ0) is 43.7. The van der Waals surface area contributed by atoms with Crippen molar-refractivity contribution in [1.29, 1.82) is 0 Å². The molecule has 0 saturated carbocycles. The van der Waals surface area contributed by atoms with Crippen LogP contribution in [0.4, 0.5) is 0 Å². The number of unbranched alkanes of at least 4 members (excludes halogenated alkanes) is 6. The highest BCUT2D eigenvalue weighted by atomic mass is 28.4. The first-order valence-corrected chi connectivity index (χ1v) is 28.9. The van der Waals surface area contributed by atoms with E-state index in [0.717, 1.165) is 103 Å². The molecule has 0 fully saturated rings. The van der Waals surface area contributed by atoms with Crippen molar-refractivity contribution in [3.8, 4) is 0 Å². The fraction of sp³-hybridized carbons (Fsp3) is 0.935. The predicted molar refractivity (Wildman–Crippen MR) is 243 cm³/mol. The maximum Gasteiger partial charge on any atom is 0.305 e. The minimum atomic E-state index is -2.10. The smallest absolute Gasteiger partial charge is 0.305 e. The SMILES string of the molecule is CCC(CC)COC(=O)CCCCCCC(CN(CCCC(=O)O)CC(CCCCCCC(=O)OCC(CC)CC)O[Si](C)(C)C(C)(C)C)O[Si](C)(C)C(C)(C)C. The lowest BCUT2D eigenvalue weighted by Crippen LogP contribution is -2.50. The Hall–Kier alpha value is -1.28. The van der Waals surface area contributed by atoms with Gasteiger partial charge in [-0.15, -0.1) is 0 Å². The van der Waals surface area contributed by atoms with E-state index in [2.05, 4.69) is 100 Å². The van der Waals surface area contributed by atoms with Gasteiger partial charge in [-0.1, -0.05) is 133 Å². The first kappa shape index (κ1) is 55.7. The predicted octanol–water partition coefficient (Wildman–Crippen LogP) is 12.6. The molecule has 0 spiro atoms. The molecule has 0 bridgehead atoms. The molecule has 0 saturated heterocycles. The average Bonchev–Trinajstić information content (AvgIpc) is 3.10. The van der Waals surface area contributed by atoms with Crippen molar-refractivity contribution >= 4 is 34.5 Å². The number of carboxylic acid groups (broad SMARTS) is 1. The van der Waals surface area contributed by atoms with Crippen LogP contribution in [0, 0.1) is 11.8 Å². The monoisotopic (exact) mass is 844 g/mol. The molecule has 0 aromatic carbocycles. The summed E-state index contributed by atoms with van der Waals surface area (Å²) in [5.74, 6) is -0.0404. The van der Waals surface area contributed by atoms with E-state index in [1.54, 1.807) is 0 Å². The Morgan fingerprint density at radius 3 is 1.21 bits per heavy atom. The number of esters is 2. The van der Waals surface area contributed by atoms with Gasteiger partial charge in [-0.25, -0.2) is 0 Å².